The summed E-state index contributed by atoms with van der Waals surface area (Å²) in [7, 11) is 0. The highest BCUT2D eigenvalue weighted by molar-refractivity contribution is 5.84. The number of nitrogens with one attached hydrogen (secondary N) is 2. The molecule has 1 aliphatic heterocycles. The van der Waals surface area contributed by atoms with E-state index in [4.69, 9.17) is 10.5 Å². The zero-order valence-electron chi connectivity index (χ0n) is 10.4. The SMILES string of the molecule is CCNC(=O)CCNC(=O)C1(C)COCC1N. The van der Waals surface area contributed by atoms with Crippen molar-refractivity contribution in [3.8, 4) is 0 Å². The van der Waals surface area contributed by atoms with Crippen LogP contribution in [0.3, 0.4) is 0 Å². The quantitative estimate of drug-likeness (QED) is 0.577. The van der Waals surface area contributed by atoms with Gasteiger partial charge in [0, 0.05) is 25.6 Å². The molecule has 1 aliphatic rings. The molecule has 98 valence electrons. The van der Waals surface area contributed by atoms with Crippen molar-refractivity contribution < 1.29 is 14.3 Å². The minimum Gasteiger partial charge on any atom is -0.379 e. The maximum absolute atomic E-state index is 11.9. The highest BCUT2D eigenvalue weighted by atomic mass is 16.5. The molecule has 0 saturated carbocycles. The number of rotatable bonds is 5. The summed E-state index contributed by atoms with van der Waals surface area (Å²) in [5.74, 6) is -0.211. The molecule has 2 unspecified atom stereocenters. The van der Waals surface area contributed by atoms with Crippen molar-refractivity contribution >= 4 is 11.8 Å². The van der Waals surface area contributed by atoms with Gasteiger partial charge in [0.25, 0.3) is 0 Å². The average molecular weight is 243 g/mol. The number of carbonyl (C=O) groups excluding carboxylic acids is 2. The number of amides is 2. The minimum absolute atomic E-state index is 0.0649. The molecule has 1 saturated heterocycles. The van der Waals surface area contributed by atoms with Gasteiger partial charge in [-0.25, -0.2) is 0 Å². The zero-order chi connectivity index (χ0) is 12.9. The van der Waals surface area contributed by atoms with Crippen LogP contribution in [0.15, 0.2) is 0 Å². The Morgan fingerprint density at radius 2 is 2.18 bits per heavy atom. The second-order valence-corrected chi connectivity index (χ2v) is 4.50. The number of ether oxygens (including phenoxy) is 1. The summed E-state index contributed by atoms with van der Waals surface area (Å²) >= 11 is 0. The van der Waals surface area contributed by atoms with Gasteiger partial charge in [0.05, 0.1) is 18.6 Å². The predicted octanol–water partition coefficient (Wildman–Crippen LogP) is -1.01. The smallest absolute Gasteiger partial charge is 0.229 e. The van der Waals surface area contributed by atoms with Crippen LogP contribution in [0.2, 0.25) is 0 Å². The van der Waals surface area contributed by atoms with Crippen LogP contribution >= 0.6 is 0 Å². The van der Waals surface area contributed by atoms with E-state index in [1.807, 2.05) is 6.92 Å². The van der Waals surface area contributed by atoms with E-state index in [1.54, 1.807) is 6.92 Å². The first kappa shape index (κ1) is 13.9. The van der Waals surface area contributed by atoms with E-state index >= 15 is 0 Å². The van der Waals surface area contributed by atoms with Gasteiger partial charge in [0.1, 0.15) is 0 Å². The molecule has 1 heterocycles. The fraction of sp³-hybridized carbons (Fsp3) is 0.818. The molecule has 2 amide bonds. The van der Waals surface area contributed by atoms with Gasteiger partial charge in [0.15, 0.2) is 0 Å². The molecule has 0 aromatic carbocycles. The second-order valence-electron chi connectivity index (χ2n) is 4.50. The summed E-state index contributed by atoms with van der Waals surface area (Å²) < 4.78 is 5.19. The molecule has 17 heavy (non-hydrogen) atoms. The third-order valence-electron chi connectivity index (χ3n) is 3.05. The van der Waals surface area contributed by atoms with Gasteiger partial charge in [-0.1, -0.05) is 0 Å². The molecule has 6 nitrogen and oxygen atoms in total. The van der Waals surface area contributed by atoms with Gasteiger partial charge in [-0.15, -0.1) is 0 Å². The minimum atomic E-state index is -0.679. The number of hydrogen-bond donors (Lipinski definition) is 3. The van der Waals surface area contributed by atoms with Crippen molar-refractivity contribution in [3.05, 3.63) is 0 Å². The first-order chi connectivity index (χ1) is 8.00. The van der Waals surface area contributed by atoms with Crippen LogP contribution in [0, 0.1) is 5.41 Å². The van der Waals surface area contributed by atoms with Crippen LogP contribution in [0.4, 0.5) is 0 Å². The molecule has 0 aliphatic carbocycles. The lowest BCUT2D eigenvalue weighted by Gasteiger charge is -2.25. The van der Waals surface area contributed by atoms with Crippen molar-refractivity contribution in [2.45, 2.75) is 26.3 Å². The lowest BCUT2D eigenvalue weighted by atomic mass is 9.85. The van der Waals surface area contributed by atoms with Gasteiger partial charge in [-0.2, -0.15) is 0 Å². The Bertz CT molecular complexity index is 296. The van der Waals surface area contributed by atoms with Gasteiger partial charge in [0.2, 0.25) is 11.8 Å². The van der Waals surface area contributed by atoms with Gasteiger partial charge < -0.3 is 21.1 Å². The molecule has 4 N–H and O–H groups in total. The largest absolute Gasteiger partial charge is 0.379 e. The van der Waals surface area contributed by atoms with E-state index in [-0.39, 0.29) is 24.3 Å². The first-order valence-electron chi connectivity index (χ1n) is 5.89. The Morgan fingerprint density at radius 1 is 1.47 bits per heavy atom. The first-order valence-corrected chi connectivity index (χ1v) is 5.89. The standard InChI is InChI=1S/C11H21N3O3/c1-3-13-9(15)4-5-14-10(16)11(2)7-17-6-8(11)12/h8H,3-7,12H2,1-2H3,(H,13,15)(H,14,16). The van der Waals surface area contributed by atoms with E-state index in [0.29, 0.717) is 26.3 Å². The summed E-state index contributed by atoms with van der Waals surface area (Å²) in [6.45, 7) is 5.30. The normalized spacial score (nSPS) is 27.8. The Labute approximate surface area is 101 Å². The number of carbonyl (C=O) groups is 2. The van der Waals surface area contributed by atoms with Crippen LogP contribution in [-0.4, -0.2) is 44.2 Å². The van der Waals surface area contributed by atoms with Crippen LogP contribution < -0.4 is 16.4 Å². The van der Waals surface area contributed by atoms with Crippen molar-refractivity contribution in [2.75, 3.05) is 26.3 Å². The summed E-state index contributed by atoms with van der Waals surface area (Å²) in [4.78, 5) is 23.1. The van der Waals surface area contributed by atoms with Crippen molar-refractivity contribution in [2.24, 2.45) is 11.1 Å². The van der Waals surface area contributed by atoms with Gasteiger partial charge >= 0.3 is 0 Å². The molecule has 1 rings (SSSR count). The lowest BCUT2D eigenvalue weighted by Crippen LogP contribution is -2.50. The zero-order valence-corrected chi connectivity index (χ0v) is 10.4. The van der Waals surface area contributed by atoms with E-state index in [2.05, 4.69) is 10.6 Å². The van der Waals surface area contributed by atoms with Crippen LogP contribution in [0.1, 0.15) is 20.3 Å². The predicted molar refractivity (Wildman–Crippen MR) is 63.2 cm³/mol. The second kappa shape index (κ2) is 5.97. The summed E-state index contributed by atoms with van der Waals surface area (Å²) in [6.07, 6.45) is 0.283. The fourth-order valence-corrected chi connectivity index (χ4v) is 1.70. The molecular weight excluding hydrogens is 222 g/mol. The van der Waals surface area contributed by atoms with Crippen LogP contribution in [0.25, 0.3) is 0 Å². The molecular formula is C11H21N3O3. The van der Waals surface area contributed by atoms with E-state index < -0.39 is 5.41 Å². The molecule has 0 bridgehead atoms. The third kappa shape index (κ3) is 3.41. The Balaban J connectivity index is 2.32. The molecule has 2 atom stereocenters. The third-order valence-corrected chi connectivity index (χ3v) is 3.05. The van der Waals surface area contributed by atoms with Crippen molar-refractivity contribution in [3.63, 3.8) is 0 Å². The van der Waals surface area contributed by atoms with Crippen molar-refractivity contribution in [1.82, 2.24) is 10.6 Å². The summed E-state index contributed by atoms with van der Waals surface area (Å²) in [5.41, 5.74) is 5.15. The van der Waals surface area contributed by atoms with E-state index in [1.165, 1.54) is 0 Å². The lowest BCUT2D eigenvalue weighted by molar-refractivity contribution is -0.130. The molecule has 0 spiro atoms. The van der Waals surface area contributed by atoms with Crippen LogP contribution in [0.5, 0.6) is 0 Å². The Morgan fingerprint density at radius 3 is 2.71 bits per heavy atom. The maximum Gasteiger partial charge on any atom is 0.229 e. The van der Waals surface area contributed by atoms with Gasteiger partial charge in [-0.3, -0.25) is 9.59 Å². The maximum atomic E-state index is 11.9. The number of hydrogen-bond acceptors (Lipinski definition) is 4. The summed E-state index contributed by atoms with van der Waals surface area (Å²) in [5, 5.41) is 5.39. The fourth-order valence-electron chi connectivity index (χ4n) is 1.70. The average Bonchev–Trinajstić information content (AvgIpc) is 2.61. The molecule has 0 aromatic heterocycles. The number of nitrogens with two attached hydrogens (primary N) is 1. The highest BCUT2D eigenvalue weighted by Gasteiger charge is 2.44. The molecule has 1 fully saturated rings. The Hall–Kier alpha value is -1.14. The topological polar surface area (TPSA) is 93.5 Å². The van der Waals surface area contributed by atoms with E-state index in [9.17, 15) is 9.59 Å². The molecule has 0 radical (unpaired) electrons. The van der Waals surface area contributed by atoms with Gasteiger partial charge in [-0.05, 0) is 13.8 Å². The Kier molecular flexibility index (Phi) is 4.89. The van der Waals surface area contributed by atoms with E-state index in [0.717, 1.165) is 0 Å². The summed E-state index contributed by atoms with van der Waals surface area (Å²) in [6, 6.07) is -0.285. The molecule has 0 aromatic rings. The highest BCUT2D eigenvalue weighted by Crippen LogP contribution is 2.26. The molecule has 6 heteroatoms. The van der Waals surface area contributed by atoms with Crippen molar-refractivity contribution in [1.29, 1.82) is 0 Å². The monoisotopic (exact) mass is 243 g/mol. The van der Waals surface area contributed by atoms with Crippen LogP contribution in [-0.2, 0) is 14.3 Å².